The molecule has 0 bridgehead atoms. The Labute approximate surface area is 131 Å². The molecule has 0 atom stereocenters. The highest BCUT2D eigenvalue weighted by molar-refractivity contribution is 14.1. The molecule has 1 rings (SSSR count). The Morgan fingerprint density at radius 3 is 2.65 bits per heavy atom. The number of carbonyl (C=O) groups excluding carboxylic acids is 1. The molecule has 0 aliphatic carbocycles. The van der Waals surface area contributed by atoms with Crippen molar-refractivity contribution in [3.05, 3.63) is 21.0 Å². The monoisotopic (exact) mass is 423 g/mol. The summed E-state index contributed by atoms with van der Waals surface area (Å²) in [7, 11) is 0. The number of halogens is 5. The molecular weight excluding hydrogens is 413 g/mol. The lowest BCUT2D eigenvalue weighted by Gasteiger charge is -2.14. The molecule has 0 amide bonds. The van der Waals surface area contributed by atoms with E-state index in [1.54, 1.807) is 29.5 Å². The lowest BCUT2D eigenvalue weighted by Crippen LogP contribution is -2.19. The molecule has 1 aromatic rings. The molecular formula is C11H10ClF3INO3. The van der Waals surface area contributed by atoms with E-state index in [0.717, 1.165) is 6.07 Å². The minimum atomic E-state index is -4.83. The summed E-state index contributed by atoms with van der Waals surface area (Å²) in [6, 6.07) is 1.09. The fourth-order valence-electron chi connectivity index (χ4n) is 1.34. The van der Waals surface area contributed by atoms with Crippen molar-refractivity contribution in [1.82, 2.24) is 4.98 Å². The van der Waals surface area contributed by atoms with E-state index in [2.05, 4.69) is 9.72 Å². The van der Waals surface area contributed by atoms with Crippen LogP contribution < -0.4 is 4.74 Å². The lowest BCUT2D eigenvalue weighted by atomic mass is 10.2. The van der Waals surface area contributed by atoms with E-state index in [1.165, 1.54) is 0 Å². The molecule has 20 heavy (non-hydrogen) atoms. The molecule has 4 nitrogen and oxygen atoms in total. The summed E-state index contributed by atoms with van der Waals surface area (Å²) in [6.45, 7) is 1.81. The van der Waals surface area contributed by atoms with E-state index in [9.17, 15) is 18.0 Å². The molecule has 0 N–H and O–H groups in total. The topological polar surface area (TPSA) is 48.4 Å². The third-order valence-electron chi connectivity index (χ3n) is 2.03. The van der Waals surface area contributed by atoms with Crippen LogP contribution in [0.1, 0.15) is 18.3 Å². The summed E-state index contributed by atoms with van der Waals surface area (Å²) in [5, 5.41) is 0. The SMILES string of the molecule is CCOC(=O)Cc1nc(CCl)cc(OC(F)(F)F)c1I. The third kappa shape index (κ3) is 5.31. The fourth-order valence-corrected chi connectivity index (χ4v) is 2.06. The summed E-state index contributed by atoms with van der Waals surface area (Å²) in [4.78, 5) is 15.4. The first kappa shape index (κ1) is 17.3. The lowest BCUT2D eigenvalue weighted by molar-refractivity contribution is -0.275. The number of esters is 1. The number of ether oxygens (including phenoxy) is 2. The number of rotatable bonds is 5. The van der Waals surface area contributed by atoms with Crippen LogP contribution in [0.3, 0.4) is 0 Å². The van der Waals surface area contributed by atoms with Crippen molar-refractivity contribution >= 4 is 40.2 Å². The van der Waals surface area contributed by atoms with Gasteiger partial charge in [-0.15, -0.1) is 24.8 Å². The first-order valence-electron chi connectivity index (χ1n) is 5.42. The maximum absolute atomic E-state index is 12.3. The largest absolute Gasteiger partial charge is 0.573 e. The number of hydrogen-bond acceptors (Lipinski definition) is 4. The van der Waals surface area contributed by atoms with Gasteiger partial charge in [0.05, 0.1) is 33.9 Å². The zero-order valence-electron chi connectivity index (χ0n) is 10.3. The van der Waals surface area contributed by atoms with Crippen LogP contribution in [-0.2, 0) is 21.8 Å². The second-order valence-electron chi connectivity index (χ2n) is 3.54. The van der Waals surface area contributed by atoms with Crippen LogP contribution >= 0.6 is 34.2 Å². The van der Waals surface area contributed by atoms with Crippen LogP contribution in [-0.4, -0.2) is 23.9 Å². The summed E-state index contributed by atoms with van der Waals surface area (Å²) < 4.78 is 45.6. The highest BCUT2D eigenvalue weighted by Crippen LogP contribution is 2.30. The Hall–Kier alpha value is -0.770. The van der Waals surface area contributed by atoms with E-state index in [4.69, 9.17) is 16.3 Å². The van der Waals surface area contributed by atoms with Gasteiger partial charge in [0.25, 0.3) is 0 Å². The molecule has 0 aliphatic rings. The van der Waals surface area contributed by atoms with Gasteiger partial charge in [-0.2, -0.15) is 0 Å². The van der Waals surface area contributed by atoms with Gasteiger partial charge in [-0.25, -0.2) is 0 Å². The van der Waals surface area contributed by atoms with Crippen molar-refractivity contribution in [2.24, 2.45) is 0 Å². The Morgan fingerprint density at radius 1 is 1.50 bits per heavy atom. The summed E-state index contributed by atoms with van der Waals surface area (Å²) in [5.74, 6) is -1.10. The first-order chi connectivity index (χ1) is 9.26. The van der Waals surface area contributed by atoms with Gasteiger partial charge < -0.3 is 9.47 Å². The Bertz CT molecular complexity index is 497. The number of pyridine rings is 1. The van der Waals surface area contributed by atoms with Crippen molar-refractivity contribution in [1.29, 1.82) is 0 Å². The van der Waals surface area contributed by atoms with E-state index >= 15 is 0 Å². The smallest absolute Gasteiger partial charge is 0.466 e. The van der Waals surface area contributed by atoms with Crippen molar-refractivity contribution in [3.63, 3.8) is 0 Å². The number of nitrogens with zero attached hydrogens (tertiary/aromatic N) is 1. The summed E-state index contributed by atoms with van der Waals surface area (Å²) in [5.41, 5.74) is 0.326. The molecule has 0 spiro atoms. The van der Waals surface area contributed by atoms with E-state index in [1.807, 2.05) is 0 Å². The van der Waals surface area contributed by atoms with E-state index in [0.29, 0.717) is 0 Å². The molecule has 0 unspecified atom stereocenters. The first-order valence-corrected chi connectivity index (χ1v) is 7.03. The van der Waals surface area contributed by atoms with Gasteiger partial charge in [-0.3, -0.25) is 9.78 Å². The Kier molecular flexibility index (Phi) is 6.31. The minimum absolute atomic E-state index is 0.0963. The van der Waals surface area contributed by atoms with Gasteiger partial charge in [0, 0.05) is 6.07 Å². The van der Waals surface area contributed by atoms with Crippen molar-refractivity contribution < 1.29 is 27.4 Å². The molecule has 1 heterocycles. The van der Waals surface area contributed by atoms with Crippen molar-refractivity contribution in [2.75, 3.05) is 6.61 Å². The standard InChI is InChI=1S/C11H10ClF3INO3/c1-2-19-9(18)4-7-10(16)8(20-11(13,14)15)3-6(5-12)17-7/h3H,2,4-5H2,1H3. The van der Waals surface area contributed by atoms with Gasteiger partial charge in [0.15, 0.2) is 0 Å². The molecule has 0 saturated heterocycles. The second-order valence-corrected chi connectivity index (χ2v) is 4.88. The Morgan fingerprint density at radius 2 is 2.15 bits per heavy atom. The summed E-state index contributed by atoms with van der Waals surface area (Å²) >= 11 is 7.21. The van der Waals surface area contributed by atoms with Crippen LogP contribution in [0.5, 0.6) is 5.75 Å². The molecule has 0 saturated carbocycles. The maximum atomic E-state index is 12.3. The second kappa shape index (κ2) is 7.30. The van der Waals surface area contributed by atoms with Crippen molar-refractivity contribution in [2.45, 2.75) is 25.6 Å². The molecule has 0 radical (unpaired) electrons. The molecule has 1 aromatic heterocycles. The third-order valence-corrected chi connectivity index (χ3v) is 3.45. The number of carbonyl (C=O) groups is 1. The number of aromatic nitrogens is 1. The van der Waals surface area contributed by atoms with Crippen LogP contribution in [0.2, 0.25) is 0 Å². The molecule has 0 fully saturated rings. The molecule has 112 valence electrons. The highest BCUT2D eigenvalue weighted by Gasteiger charge is 2.33. The highest BCUT2D eigenvalue weighted by atomic mass is 127. The zero-order valence-corrected chi connectivity index (χ0v) is 13.2. The molecule has 9 heteroatoms. The molecule has 0 aliphatic heterocycles. The van der Waals surface area contributed by atoms with Gasteiger partial charge in [0.2, 0.25) is 0 Å². The van der Waals surface area contributed by atoms with E-state index < -0.39 is 18.1 Å². The van der Waals surface area contributed by atoms with Crippen LogP contribution in [0.15, 0.2) is 6.07 Å². The maximum Gasteiger partial charge on any atom is 0.573 e. The van der Waals surface area contributed by atoms with Crippen molar-refractivity contribution in [3.8, 4) is 5.75 Å². The average Bonchev–Trinajstić information content (AvgIpc) is 2.32. The van der Waals surface area contributed by atoms with Crippen LogP contribution in [0.25, 0.3) is 0 Å². The van der Waals surface area contributed by atoms with Gasteiger partial charge >= 0.3 is 12.3 Å². The van der Waals surface area contributed by atoms with Crippen LogP contribution in [0.4, 0.5) is 13.2 Å². The predicted octanol–water partition coefficient (Wildman–Crippen LogP) is 3.43. The average molecular weight is 424 g/mol. The quantitative estimate of drug-likeness (QED) is 0.414. The molecule has 0 aromatic carbocycles. The van der Waals surface area contributed by atoms with Crippen LogP contribution in [0, 0.1) is 3.57 Å². The normalized spacial score (nSPS) is 11.3. The summed E-state index contributed by atoms with van der Waals surface area (Å²) in [6.07, 6.45) is -5.07. The van der Waals surface area contributed by atoms with Gasteiger partial charge in [-0.05, 0) is 29.5 Å². The van der Waals surface area contributed by atoms with E-state index in [-0.39, 0.29) is 33.9 Å². The minimum Gasteiger partial charge on any atom is -0.466 e. The number of hydrogen-bond donors (Lipinski definition) is 0. The Balaban J connectivity index is 3.10. The zero-order chi connectivity index (χ0) is 15.3. The fraction of sp³-hybridized carbons (Fsp3) is 0.455. The van der Waals surface area contributed by atoms with Gasteiger partial charge in [0.1, 0.15) is 5.75 Å². The predicted molar refractivity (Wildman–Crippen MR) is 73.5 cm³/mol. The number of alkyl halides is 4. The van der Waals surface area contributed by atoms with Gasteiger partial charge in [-0.1, -0.05) is 0 Å².